The Labute approximate surface area is 99.9 Å². The fraction of sp³-hybridized carbons (Fsp3) is 0.923. The van der Waals surface area contributed by atoms with Gasteiger partial charge in [0.05, 0.1) is 13.2 Å². The van der Waals surface area contributed by atoms with E-state index in [0.29, 0.717) is 19.2 Å². The second-order valence-corrected chi connectivity index (χ2v) is 4.32. The molecule has 0 fully saturated rings. The highest BCUT2D eigenvalue weighted by atomic mass is 16.5. The van der Waals surface area contributed by atoms with Crippen LogP contribution in [0.5, 0.6) is 0 Å². The summed E-state index contributed by atoms with van der Waals surface area (Å²) in [6.45, 7) is 7.27. The highest BCUT2D eigenvalue weighted by molar-refractivity contribution is 5.71. The minimum atomic E-state index is -0.129. The van der Waals surface area contributed by atoms with Crippen LogP contribution in [-0.4, -0.2) is 25.2 Å². The minimum absolute atomic E-state index is 0.129. The van der Waals surface area contributed by atoms with Gasteiger partial charge in [-0.3, -0.25) is 4.79 Å². The molecule has 1 N–H and O–H groups in total. The summed E-state index contributed by atoms with van der Waals surface area (Å²) in [5, 5.41) is 3.12. The average Bonchev–Trinajstić information content (AvgIpc) is 2.30. The summed E-state index contributed by atoms with van der Waals surface area (Å²) in [4.78, 5) is 11.3. The molecule has 16 heavy (non-hydrogen) atoms. The van der Waals surface area contributed by atoms with Crippen LogP contribution in [0.1, 0.15) is 59.3 Å². The lowest BCUT2D eigenvalue weighted by molar-refractivity contribution is -0.142. The first-order valence-corrected chi connectivity index (χ1v) is 6.59. The van der Waals surface area contributed by atoms with Crippen LogP contribution in [0, 0.1) is 0 Å². The minimum Gasteiger partial charge on any atom is -0.465 e. The molecular formula is C13H27NO2. The molecule has 0 bridgehead atoms. The molecule has 0 aromatic carbocycles. The van der Waals surface area contributed by atoms with Crippen LogP contribution in [0.15, 0.2) is 0 Å². The van der Waals surface area contributed by atoms with Crippen molar-refractivity contribution in [2.45, 2.75) is 65.3 Å². The maximum atomic E-state index is 11.3. The molecular weight excluding hydrogens is 202 g/mol. The summed E-state index contributed by atoms with van der Waals surface area (Å²) < 4.78 is 5.12. The van der Waals surface area contributed by atoms with Gasteiger partial charge in [-0.15, -0.1) is 0 Å². The number of carbonyl (C=O) groups is 1. The Hall–Kier alpha value is -0.570. The predicted molar refractivity (Wildman–Crippen MR) is 67.5 cm³/mol. The van der Waals surface area contributed by atoms with E-state index < -0.39 is 0 Å². The smallest absolute Gasteiger partial charge is 0.319 e. The standard InChI is InChI=1S/C13H27NO2/c1-4-6-7-8-9-10-16-13(15)11-14-12(3)5-2/h12,14H,4-11H2,1-3H3. The summed E-state index contributed by atoms with van der Waals surface area (Å²) in [7, 11) is 0. The fourth-order valence-corrected chi connectivity index (χ4v) is 1.34. The first kappa shape index (κ1) is 15.4. The van der Waals surface area contributed by atoms with E-state index in [0.717, 1.165) is 12.8 Å². The lowest BCUT2D eigenvalue weighted by Crippen LogP contribution is -2.32. The van der Waals surface area contributed by atoms with Crippen LogP contribution in [0.3, 0.4) is 0 Å². The molecule has 0 saturated carbocycles. The molecule has 0 aliphatic heterocycles. The van der Waals surface area contributed by atoms with Gasteiger partial charge in [0.1, 0.15) is 0 Å². The van der Waals surface area contributed by atoms with Gasteiger partial charge < -0.3 is 10.1 Å². The highest BCUT2D eigenvalue weighted by Gasteiger charge is 2.04. The zero-order valence-electron chi connectivity index (χ0n) is 11.1. The van der Waals surface area contributed by atoms with Gasteiger partial charge in [0, 0.05) is 6.04 Å². The predicted octanol–water partition coefficient (Wildman–Crippen LogP) is 2.89. The molecule has 0 aliphatic carbocycles. The van der Waals surface area contributed by atoms with E-state index in [1.807, 2.05) is 0 Å². The molecule has 0 rings (SSSR count). The molecule has 96 valence electrons. The van der Waals surface area contributed by atoms with Crippen molar-refractivity contribution in [1.29, 1.82) is 0 Å². The number of rotatable bonds is 10. The molecule has 3 nitrogen and oxygen atoms in total. The summed E-state index contributed by atoms with van der Waals surface area (Å²) in [5.74, 6) is -0.129. The summed E-state index contributed by atoms with van der Waals surface area (Å²) >= 11 is 0. The van der Waals surface area contributed by atoms with Gasteiger partial charge in [-0.05, 0) is 19.8 Å². The lowest BCUT2D eigenvalue weighted by Gasteiger charge is -2.10. The topological polar surface area (TPSA) is 38.3 Å². The molecule has 0 aromatic heterocycles. The van der Waals surface area contributed by atoms with Crippen LogP contribution < -0.4 is 5.32 Å². The molecule has 0 spiro atoms. The van der Waals surface area contributed by atoms with Crippen molar-refractivity contribution >= 4 is 5.97 Å². The van der Waals surface area contributed by atoms with Gasteiger partial charge in [-0.2, -0.15) is 0 Å². The van der Waals surface area contributed by atoms with Gasteiger partial charge >= 0.3 is 5.97 Å². The first-order valence-electron chi connectivity index (χ1n) is 6.59. The third kappa shape index (κ3) is 9.97. The Morgan fingerprint density at radius 3 is 2.50 bits per heavy atom. The first-order chi connectivity index (χ1) is 7.70. The fourth-order valence-electron chi connectivity index (χ4n) is 1.34. The molecule has 1 unspecified atom stereocenters. The Kier molecular flexibility index (Phi) is 10.5. The molecule has 0 amide bonds. The van der Waals surface area contributed by atoms with Gasteiger partial charge in [-0.1, -0.05) is 39.5 Å². The van der Waals surface area contributed by atoms with Crippen molar-refractivity contribution in [3.8, 4) is 0 Å². The summed E-state index contributed by atoms with van der Waals surface area (Å²) in [6.07, 6.45) is 6.97. The van der Waals surface area contributed by atoms with Crippen LogP contribution >= 0.6 is 0 Å². The monoisotopic (exact) mass is 229 g/mol. The second-order valence-electron chi connectivity index (χ2n) is 4.32. The van der Waals surface area contributed by atoms with Crippen molar-refractivity contribution in [3.05, 3.63) is 0 Å². The van der Waals surface area contributed by atoms with E-state index in [-0.39, 0.29) is 5.97 Å². The van der Waals surface area contributed by atoms with E-state index >= 15 is 0 Å². The second kappa shape index (κ2) is 10.9. The van der Waals surface area contributed by atoms with Gasteiger partial charge in [0.25, 0.3) is 0 Å². The van der Waals surface area contributed by atoms with Crippen molar-refractivity contribution in [2.24, 2.45) is 0 Å². The molecule has 0 aliphatic rings. The zero-order chi connectivity index (χ0) is 12.2. The summed E-state index contributed by atoms with van der Waals surface area (Å²) in [5.41, 5.74) is 0. The molecule has 1 atom stereocenters. The number of hydrogen-bond acceptors (Lipinski definition) is 3. The zero-order valence-corrected chi connectivity index (χ0v) is 11.1. The average molecular weight is 229 g/mol. The third-order valence-electron chi connectivity index (χ3n) is 2.72. The number of ether oxygens (including phenoxy) is 1. The van der Waals surface area contributed by atoms with Crippen molar-refractivity contribution < 1.29 is 9.53 Å². The lowest BCUT2D eigenvalue weighted by atomic mass is 10.2. The summed E-state index contributed by atoms with van der Waals surface area (Å²) in [6, 6.07) is 0.386. The van der Waals surface area contributed by atoms with Crippen LogP contribution in [0.2, 0.25) is 0 Å². The molecule has 0 radical (unpaired) electrons. The Bertz CT molecular complexity index is 171. The quantitative estimate of drug-likeness (QED) is 0.462. The van der Waals surface area contributed by atoms with E-state index in [1.165, 1.54) is 25.7 Å². The van der Waals surface area contributed by atoms with E-state index in [4.69, 9.17) is 4.74 Å². The Morgan fingerprint density at radius 1 is 1.19 bits per heavy atom. The van der Waals surface area contributed by atoms with Crippen molar-refractivity contribution in [2.75, 3.05) is 13.2 Å². The van der Waals surface area contributed by atoms with Crippen molar-refractivity contribution in [3.63, 3.8) is 0 Å². The van der Waals surface area contributed by atoms with E-state index in [1.54, 1.807) is 0 Å². The van der Waals surface area contributed by atoms with E-state index in [9.17, 15) is 4.79 Å². The normalized spacial score (nSPS) is 12.4. The number of hydrogen-bond donors (Lipinski definition) is 1. The van der Waals surface area contributed by atoms with Crippen molar-refractivity contribution in [1.82, 2.24) is 5.32 Å². The largest absolute Gasteiger partial charge is 0.465 e. The SMILES string of the molecule is CCCCCCCOC(=O)CNC(C)CC. The number of nitrogens with one attached hydrogen (secondary N) is 1. The van der Waals surface area contributed by atoms with Crippen LogP contribution in [0.4, 0.5) is 0 Å². The molecule has 0 saturated heterocycles. The Morgan fingerprint density at radius 2 is 1.88 bits per heavy atom. The number of esters is 1. The Balaban J connectivity index is 3.24. The molecule has 0 heterocycles. The maximum absolute atomic E-state index is 11.3. The van der Waals surface area contributed by atoms with Gasteiger partial charge in [0.2, 0.25) is 0 Å². The van der Waals surface area contributed by atoms with Crippen LogP contribution in [0.25, 0.3) is 0 Å². The van der Waals surface area contributed by atoms with Crippen LogP contribution in [-0.2, 0) is 9.53 Å². The number of unbranched alkanes of at least 4 members (excludes halogenated alkanes) is 4. The maximum Gasteiger partial charge on any atom is 0.319 e. The van der Waals surface area contributed by atoms with E-state index in [2.05, 4.69) is 26.1 Å². The third-order valence-corrected chi connectivity index (χ3v) is 2.72. The van der Waals surface area contributed by atoms with Gasteiger partial charge in [0.15, 0.2) is 0 Å². The molecule has 3 heteroatoms. The highest BCUT2D eigenvalue weighted by Crippen LogP contribution is 2.02. The number of carbonyl (C=O) groups excluding carboxylic acids is 1. The van der Waals surface area contributed by atoms with Gasteiger partial charge in [-0.25, -0.2) is 0 Å². The molecule has 0 aromatic rings.